The van der Waals surface area contributed by atoms with Crippen LogP contribution in [0.1, 0.15) is 30.5 Å². The zero-order valence-corrected chi connectivity index (χ0v) is 22.3. The fourth-order valence-electron chi connectivity index (χ4n) is 4.28. The molecule has 1 aliphatic rings. The Morgan fingerprint density at radius 3 is 2.54 bits per heavy atom. The number of aliphatic hydroxyl groups is 1. The molecule has 9 heteroatoms. The molecule has 3 rings (SSSR count). The van der Waals surface area contributed by atoms with Gasteiger partial charge in [0.25, 0.3) is 5.91 Å². The lowest BCUT2D eigenvalue weighted by atomic mass is 9.97. The van der Waals surface area contributed by atoms with Gasteiger partial charge >= 0.3 is 6.09 Å². The smallest absolute Gasteiger partial charge is 0.407 e. The number of thioether (sulfide) groups is 1. The monoisotopic (exact) mass is 525 g/mol. The molecule has 2 aromatic rings. The number of nitrogens with one attached hydrogen (secondary N) is 2. The average Bonchev–Trinajstić information content (AvgIpc) is 3.21. The van der Waals surface area contributed by atoms with E-state index in [1.54, 1.807) is 0 Å². The first-order chi connectivity index (χ1) is 17.6. The van der Waals surface area contributed by atoms with E-state index in [1.165, 1.54) is 22.7 Å². The summed E-state index contributed by atoms with van der Waals surface area (Å²) in [6.07, 6.45) is -0.725. The summed E-state index contributed by atoms with van der Waals surface area (Å²) in [6, 6.07) is 15.2. The quantitative estimate of drug-likeness (QED) is 0.411. The molecule has 0 bridgehead atoms. The van der Waals surface area contributed by atoms with Crippen LogP contribution < -0.4 is 10.6 Å². The number of amides is 3. The van der Waals surface area contributed by atoms with Crippen molar-refractivity contribution in [3.05, 3.63) is 83.9 Å². The van der Waals surface area contributed by atoms with E-state index in [0.717, 1.165) is 16.7 Å². The van der Waals surface area contributed by atoms with Crippen molar-refractivity contribution < 1.29 is 24.2 Å². The fraction of sp³-hybridized carbons (Fsp3) is 0.393. The number of rotatable bonds is 10. The van der Waals surface area contributed by atoms with Crippen LogP contribution in [-0.2, 0) is 27.3 Å². The molecule has 0 radical (unpaired) electrons. The van der Waals surface area contributed by atoms with Gasteiger partial charge in [0.15, 0.2) is 6.10 Å². The highest BCUT2D eigenvalue weighted by Crippen LogP contribution is 2.40. The summed E-state index contributed by atoms with van der Waals surface area (Å²) in [5, 5.41) is 16.7. The topological polar surface area (TPSA) is 108 Å². The first kappa shape index (κ1) is 28.3. The van der Waals surface area contributed by atoms with Gasteiger partial charge in [-0.05, 0) is 43.9 Å². The molecule has 2 aromatic carbocycles. The minimum atomic E-state index is -1.59. The molecule has 198 valence electrons. The zero-order valence-electron chi connectivity index (χ0n) is 21.5. The van der Waals surface area contributed by atoms with Gasteiger partial charge in [0.05, 0.1) is 11.9 Å². The van der Waals surface area contributed by atoms with E-state index in [4.69, 9.17) is 4.74 Å². The fourth-order valence-corrected chi connectivity index (χ4v) is 5.42. The standard InChI is InChI=1S/C28H35N3O5S/c1-5-15-36-27(35)30-22(16-20-12-7-6-8-13-20)23(32)26(34)31-18-37-28(3,4)24(31)25(33)29-17-21-14-10-9-11-19(21)2/h5-14,22-24,32H,1,15-18H2,2-4H3,(H,29,33)(H,30,35). The predicted octanol–water partition coefficient (Wildman–Crippen LogP) is 3.18. The second-order valence-electron chi connectivity index (χ2n) is 9.50. The van der Waals surface area contributed by atoms with Crippen molar-refractivity contribution in [3.8, 4) is 0 Å². The summed E-state index contributed by atoms with van der Waals surface area (Å²) in [7, 11) is 0. The lowest BCUT2D eigenvalue weighted by Crippen LogP contribution is -2.58. The Balaban J connectivity index is 1.77. The number of alkyl carbamates (subject to hydrolysis) is 1. The van der Waals surface area contributed by atoms with Gasteiger partial charge in [-0.25, -0.2) is 4.79 Å². The average molecular weight is 526 g/mol. The number of carbonyl (C=O) groups is 3. The van der Waals surface area contributed by atoms with Crippen LogP contribution in [0, 0.1) is 6.92 Å². The molecular formula is C28H35N3O5S. The van der Waals surface area contributed by atoms with Crippen LogP contribution >= 0.6 is 11.8 Å². The van der Waals surface area contributed by atoms with Crippen molar-refractivity contribution >= 4 is 29.7 Å². The van der Waals surface area contributed by atoms with Crippen LogP contribution in [0.2, 0.25) is 0 Å². The maximum atomic E-state index is 13.6. The van der Waals surface area contributed by atoms with Gasteiger partial charge in [0.2, 0.25) is 5.91 Å². The molecule has 1 heterocycles. The van der Waals surface area contributed by atoms with Crippen molar-refractivity contribution in [2.24, 2.45) is 0 Å². The second-order valence-corrected chi connectivity index (χ2v) is 11.1. The summed E-state index contributed by atoms with van der Waals surface area (Å²) < 4.78 is 4.45. The highest BCUT2D eigenvalue weighted by molar-refractivity contribution is 8.00. The number of nitrogens with zero attached hydrogens (tertiary/aromatic N) is 1. The van der Waals surface area contributed by atoms with Crippen molar-refractivity contribution in [2.45, 2.75) is 56.7 Å². The summed E-state index contributed by atoms with van der Waals surface area (Å²) in [5.41, 5.74) is 2.87. The lowest BCUT2D eigenvalue weighted by Gasteiger charge is -2.33. The number of aliphatic hydroxyl groups excluding tert-OH is 1. The molecule has 1 fully saturated rings. The van der Waals surface area contributed by atoms with Crippen LogP contribution in [0.4, 0.5) is 4.79 Å². The van der Waals surface area contributed by atoms with E-state index in [0.29, 0.717) is 6.54 Å². The molecule has 0 aliphatic carbocycles. The molecule has 3 atom stereocenters. The maximum Gasteiger partial charge on any atom is 0.407 e. The Bertz CT molecular complexity index is 1110. The number of hydrogen-bond donors (Lipinski definition) is 3. The normalized spacial score (nSPS) is 17.9. The van der Waals surface area contributed by atoms with E-state index in [-0.39, 0.29) is 24.8 Å². The Kier molecular flexibility index (Phi) is 9.77. The largest absolute Gasteiger partial charge is 0.445 e. The van der Waals surface area contributed by atoms with E-state index in [1.807, 2.05) is 75.4 Å². The van der Waals surface area contributed by atoms with Gasteiger partial charge in [-0.15, -0.1) is 11.8 Å². The van der Waals surface area contributed by atoms with Crippen LogP contribution in [0.5, 0.6) is 0 Å². The first-order valence-corrected chi connectivity index (χ1v) is 13.2. The summed E-state index contributed by atoms with van der Waals surface area (Å²) in [6.45, 7) is 9.63. The van der Waals surface area contributed by atoms with Crippen LogP contribution in [0.25, 0.3) is 0 Å². The van der Waals surface area contributed by atoms with Crippen molar-refractivity contribution in [2.75, 3.05) is 12.5 Å². The van der Waals surface area contributed by atoms with E-state index in [9.17, 15) is 19.5 Å². The van der Waals surface area contributed by atoms with Crippen LogP contribution in [-0.4, -0.2) is 63.3 Å². The highest BCUT2D eigenvalue weighted by atomic mass is 32.2. The lowest BCUT2D eigenvalue weighted by molar-refractivity contribution is -0.147. The van der Waals surface area contributed by atoms with E-state index in [2.05, 4.69) is 17.2 Å². The van der Waals surface area contributed by atoms with E-state index < -0.39 is 34.9 Å². The Morgan fingerprint density at radius 1 is 1.19 bits per heavy atom. The summed E-state index contributed by atoms with van der Waals surface area (Å²) in [4.78, 5) is 40.6. The van der Waals surface area contributed by atoms with Gasteiger partial charge in [0, 0.05) is 11.3 Å². The molecule has 0 spiro atoms. The van der Waals surface area contributed by atoms with Crippen LogP contribution in [0.15, 0.2) is 67.3 Å². The Labute approximate surface area is 222 Å². The summed E-state index contributed by atoms with van der Waals surface area (Å²) in [5.74, 6) is -0.680. The molecule has 3 N–H and O–H groups in total. The third kappa shape index (κ3) is 7.36. The molecule has 1 aliphatic heterocycles. The molecule has 0 saturated carbocycles. The molecule has 3 unspecified atom stereocenters. The van der Waals surface area contributed by atoms with Gasteiger partial charge in [-0.3, -0.25) is 9.59 Å². The minimum Gasteiger partial charge on any atom is -0.445 e. The Hall–Kier alpha value is -3.30. The minimum absolute atomic E-state index is 0.00593. The number of carbonyl (C=O) groups excluding carboxylic acids is 3. The van der Waals surface area contributed by atoms with Gasteiger partial charge < -0.3 is 25.4 Å². The van der Waals surface area contributed by atoms with Crippen molar-refractivity contribution in [1.29, 1.82) is 0 Å². The number of aryl methyl sites for hydroxylation is 1. The number of hydrogen-bond acceptors (Lipinski definition) is 6. The number of benzene rings is 2. The maximum absolute atomic E-state index is 13.6. The van der Waals surface area contributed by atoms with Crippen molar-refractivity contribution in [1.82, 2.24) is 15.5 Å². The van der Waals surface area contributed by atoms with Crippen molar-refractivity contribution in [3.63, 3.8) is 0 Å². The predicted molar refractivity (Wildman–Crippen MR) is 145 cm³/mol. The summed E-state index contributed by atoms with van der Waals surface area (Å²) >= 11 is 1.47. The molecule has 1 saturated heterocycles. The zero-order chi connectivity index (χ0) is 27.0. The third-order valence-electron chi connectivity index (χ3n) is 6.36. The number of ether oxygens (including phenoxy) is 1. The molecule has 8 nitrogen and oxygen atoms in total. The van der Waals surface area contributed by atoms with Gasteiger partial charge in [-0.1, -0.05) is 67.3 Å². The third-order valence-corrected chi connectivity index (χ3v) is 7.73. The second kappa shape index (κ2) is 12.8. The van der Waals surface area contributed by atoms with E-state index >= 15 is 0 Å². The molecule has 3 amide bonds. The first-order valence-electron chi connectivity index (χ1n) is 12.2. The van der Waals surface area contributed by atoms with Crippen LogP contribution in [0.3, 0.4) is 0 Å². The van der Waals surface area contributed by atoms with Gasteiger partial charge in [-0.2, -0.15) is 0 Å². The molecular weight excluding hydrogens is 490 g/mol. The highest BCUT2D eigenvalue weighted by Gasteiger charge is 2.49. The SMILES string of the molecule is C=CCOC(=O)NC(Cc1ccccc1)C(O)C(=O)N1CSC(C)(C)C1C(=O)NCc1ccccc1C. The Morgan fingerprint density at radius 2 is 1.86 bits per heavy atom. The molecule has 0 aromatic heterocycles. The molecule has 37 heavy (non-hydrogen) atoms. The van der Waals surface area contributed by atoms with Gasteiger partial charge in [0.1, 0.15) is 12.6 Å².